The van der Waals surface area contributed by atoms with Gasteiger partial charge in [0, 0.05) is 18.8 Å². The van der Waals surface area contributed by atoms with E-state index in [1.807, 2.05) is 36.4 Å². The second-order valence-electron chi connectivity index (χ2n) is 5.05. The first-order valence-electron chi connectivity index (χ1n) is 7.03. The highest BCUT2D eigenvalue weighted by atomic mass is 16.5. The normalized spacial score (nSPS) is 10.2. The molecule has 0 atom stereocenters. The fourth-order valence-electron chi connectivity index (χ4n) is 2.21. The first-order chi connectivity index (χ1) is 10.6. The van der Waals surface area contributed by atoms with Crippen LogP contribution < -0.4 is 10.5 Å². The van der Waals surface area contributed by atoms with Crippen molar-refractivity contribution < 1.29 is 14.6 Å². The maximum Gasteiger partial charge on any atom is 0.407 e. The molecule has 0 unspecified atom stereocenters. The highest BCUT2D eigenvalue weighted by Crippen LogP contribution is 2.14. The molecule has 3 N–H and O–H groups in total. The first kappa shape index (κ1) is 15.7. The second kappa shape index (κ2) is 7.36. The van der Waals surface area contributed by atoms with E-state index in [0.717, 1.165) is 16.9 Å². The molecule has 1 amide bonds. The van der Waals surface area contributed by atoms with Gasteiger partial charge in [0.2, 0.25) is 0 Å². The van der Waals surface area contributed by atoms with E-state index in [0.29, 0.717) is 25.2 Å². The number of ether oxygens (including phenoxy) is 1. The molecule has 0 spiro atoms. The van der Waals surface area contributed by atoms with Gasteiger partial charge in [-0.3, -0.25) is 0 Å². The minimum atomic E-state index is -0.934. The Morgan fingerprint density at radius 3 is 2.50 bits per heavy atom. The second-order valence-corrected chi connectivity index (χ2v) is 5.05. The zero-order valence-electron chi connectivity index (χ0n) is 12.5. The van der Waals surface area contributed by atoms with Crippen molar-refractivity contribution in [1.82, 2.24) is 4.90 Å². The molecule has 0 radical (unpaired) electrons. The van der Waals surface area contributed by atoms with E-state index in [9.17, 15) is 9.90 Å². The van der Waals surface area contributed by atoms with Crippen LogP contribution in [-0.4, -0.2) is 29.8 Å². The average molecular weight is 300 g/mol. The first-order valence-corrected chi connectivity index (χ1v) is 7.03. The van der Waals surface area contributed by atoms with Gasteiger partial charge in [-0.15, -0.1) is 0 Å². The van der Waals surface area contributed by atoms with E-state index in [1.54, 1.807) is 19.2 Å². The average Bonchev–Trinajstić information content (AvgIpc) is 2.51. The lowest BCUT2D eigenvalue weighted by molar-refractivity contribution is 0.143. The molecule has 0 aliphatic rings. The van der Waals surface area contributed by atoms with E-state index in [-0.39, 0.29) is 0 Å². The summed E-state index contributed by atoms with van der Waals surface area (Å²) in [5.41, 5.74) is 8.32. The summed E-state index contributed by atoms with van der Waals surface area (Å²) in [6.07, 6.45) is -0.283. The number of carboxylic acid groups (broad SMARTS) is 1. The lowest BCUT2D eigenvalue weighted by atomic mass is 10.1. The number of nitrogen functional groups attached to an aromatic ring is 1. The Morgan fingerprint density at radius 1 is 1.18 bits per heavy atom. The third-order valence-electron chi connectivity index (χ3n) is 3.42. The number of rotatable bonds is 6. The van der Waals surface area contributed by atoms with Crippen molar-refractivity contribution in [2.75, 3.05) is 19.4 Å². The molecule has 0 aromatic heterocycles. The van der Waals surface area contributed by atoms with Gasteiger partial charge in [-0.25, -0.2) is 4.79 Å². The minimum absolute atomic E-state index is 0.330. The van der Waals surface area contributed by atoms with Crippen LogP contribution >= 0.6 is 0 Å². The van der Waals surface area contributed by atoms with Gasteiger partial charge in [-0.2, -0.15) is 0 Å². The SMILES string of the molecule is COc1ccc(CCN(Cc2cccc(N)c2)C(=O)O)cc1. The smallest absolute Gasteiger partial charge is 0.407 e. The molecule has 2 aromatic rings. The Hall–Kier alpha value is -2.69. The number of hydrogen-bond acceptors (Lipinski definition) is 3. The van der Waals surface area contributed by atoms with Crippen LogP contribution in [0.4, 0.5) is 10.5 Å². The molecule has 5 nitrogen and oxygen atoms in total. The van der Waals surface area contributed by atoms with Crippen LogP contribution in [0.1, 0.15) is 11.1 Å². The topological polar surface area (TPSA) is 75.8 Å². The number of hydrogen-bond donors (Lipinski definition) is 2. The third kappa shape index (κ3) is 4.41. The molecule has 0 saturated heterocycles. The molecule has 5 heteroatoms. The molecule has 0 aliphatic heterocycles. The van der Waals surface area contributed by atoms with Gasteiger partial charge in [0.1, 0.15) is 5.75 Å². The summed E-state index contributed by atoms with van der Waals surface area (Å²) in [5, 5.41) is 9.34. The van der Waals surface area contributed by atoms with E-state index >= 15 is 0 Å². The van der Waals surface area contributed by atoms with Gasteiger partial charge in [0.05, 0.1) is 7.11 Å². The third-order valence-corrected chi connectivity index (χ3v) is 3.42. The Morgan fingerprint density at radius 2 is 1.91 bits per heavy atom. The van der Waals surface area contributed by atoms with Gasteiger partial charge in [0.15, 0.2) is 0 Å². The summed E-state index contributed by atoms with van der Waals surface area (Å²) in [4.78, 5) is 12.8. The molecule has 0 fully saturated rings. The van der Waals surface area contributed by atoms with Crippen LogP contribution in [0.3, 0.4) is 0 Å². The maximum atomic E-state index is 11.4. The van der Waals surface area contributed by atoms with Crippen LogP contribution in [0.15, 0.2) is 48.5 Å². The number of anilines is 1. The highest BCUT2D eigenvalue weighted by Gasteiger charge is 2.12. The van der Waals surface area contributed by atoms with Gasteiger partial charge >= 0.3 is 6.09 Å². The Kier molecular flexibility index (Phi) is 5.25. The molecule has 0 saturated carbocycles. The number of nitrogens with zero attached hydrogens (tertiary/aromatic N) is 1. The van der Waals surface area contributed by atoms with Crippen LogP contribution in [0.2, 0.25) is 0 Å². The fraction of sp³-hybridized carbons (Fsp3) is 0.235. The fourth-order valence-corrected chi connectivity index (χ4v) is 2.21. The summed E-state index contributed by atoms with van der Waals surface area (Å²) in [6, 6.07) is 14.9. The number of carbonyl (C=O) groups is 1. The molecule has 2 rings (SSSR count). The lowest BCUT2D eigenvalue weighted by Crippen LogP contribution is -2.31. The standard InChI is InChI=1S/C17H20N2O3/c1-22-16-7-5-13(6-8-16)9-10-19(17(20)21)12-14-3-2-4-15(18)11-14/h2-8,11H,9-10,12,18H2,1H3,(H,20,21). The van der Waals surface area contributed by atoms with Gasteiger partial charge in [0.25, 0.3) is 0 Å². The molecular formula is C17H20N2O3. The summed E-state index contributed by atoms with van der Waals surface area (Å²) >= 11 is 0. The van der Waals surface area contributed by atoms with E-state index in [1.165, 1.54) is 4.90 Å². The Labute approximate surface area is 129 Å². The molecule has 0 aliphatic carbocycles. The number of methoxy groups -OCH3 is 1. The van der Waals surface area contributed by atoms with E-state index in [2.05, 4.69) is 0 Å². The summed E-state index contributed by atoms with van der Waals surface area (Å²) in [7, 11) is 1.62. The molecule has 116 valence electrons. The molecule has 0 bridgehead atoms. The lowest BCUT2D eigenvalue weighted by Gasteiger charge is -2.19. The van der Waals surface area contributed by atoms with Gasteiger partial charge in [-0.1, -0.05) is 24.3 Å². The van der Waals surface area contributed by atoms with Crippen molar-refractivity contribution in [3.63, 3.8) is 0 Å². The maximum absolute atomic E-state index is 11.4. The van der Waals surface area contributed by atoms with Gasteiger partial charge in [-0.05, 0) is 41.8 Å². The predicted octanol–water partition coefficient (Wildman–Crippen LogP) is 3.00. The highest BCUT2D eigenvalue weighted by molar-refractivity contribution is 5.65. The summed E-state index contributed by atoms with van der Waals surface area (Å²) < 4.78 is 5.11. The minimum Gasteiger partial charge on any atom is -0.497 e. The zero-order chi connectivity index (χ0) is 15.9. The Bertz CT molecular complexity index is 626. The summed E-state index contributed by atoms with van der Waals surface area (Å²) in [5.74, 6) is 0.790. The summed E-state index contributed by atoms with van der Waals surface area (Å²) in [6.45, 7) is 0.757. The van der Waals surface area contributed by atoms with Crippen LogP contribution in [0.5, 0.6) is 5.75 Å². The van der Waals surface area contributed by atoms with Crippen molar-refractivity contribution in [2.24, 2.45) is 0 Å². The van der Waals surface area contributed by atoms with Crippen LogP contribution in [-0.2, 0) is 13.0 Å². The monoisotopic (exact) mass is 300 g/mol. The van der Waals surface area contributed by atoms with E-state index in [4.69, 9.17) is 10.5 Å². The molecule has 22 heavy (non-hydrogen) atoms. The number of amides is 1. The zero-order valence-corrected chi connectivity index (χ0v) is 12.5. The number of benzene rings is 2. The predicted molar refractivity (Wildman–Crippen MR) is 86.0 cm³/mol. The van der Waals surface area contributed by atoms with Crippen molar-refractivity contribution in [3.05, 3.63) is 59.7 Å². The van der Waals surface area contributed by atoms with Gasteiger partial charge < -0.3 is 20.5 Å². The van der Waals surface area contributed by atoms with E-state index < -0.39 is 6.09 Å². The van der Waals surface area contributed by atoms with Crippen molar-refractivity contribution >= 4 is 11.8 Å². The largest absolute Gasteiger partial charge is 0.497 e. The molecule has 0 heterocycles. The molecular weight excluding hydrogens is 280 g/mol. The number of nitrogens with two attached hydrogens (primary N) is 1. The van der Waals surface area contributed by atoms with Crippen molar-refractivity contribution in [3.8, 4) is 5.75 Å². The molecule has 2 aromatic carbocycles. The van der Waals surface area contributed by atoms with Crippen molar-refractivity contribution in [2.45, 2.75) is 13.0 Å². The van der Waals surface area contributed by atoms with Crippen LogP contribution in [0.25, 0.3) is 0 Å². The Balaban J connectivity index is 1.98. The van der Waals surface area contributed by atoms with Crippen LogP contribution in [0, 0.1) is 0 Å². The quantitative estimate of drug-likeness (QED) is 0.804. The van der Waals surface area contributed by atoms with Crippen molar-refractivity contribution in [1.29, 1.82) is 0 Å².